The normalized spacial score (nSPS) is 10.7. The molecule has 5 nitrogen and oxygen atoms in total. The van der Waals surface area contributed by atoms with Crippen molar-refractivity contribution in [3.63, 3.8) is 0 Å². The minimum atomic E-state index is -0.987. The van der Waals surface area contributed by atoms with E-state index in [1.54, 1.807) is 18.3 Å². The fraction of sp³-hybridized carbons (Fsp3) is 0.0625. The van der Waals surface area contributed by atoms with E-state index in [0.29, 0.717) is 5.82 Å². The number of nitrogen functional groups attached to an aromatic ring is 1. The number of anilines is 1. The van der Waals surface area contributed by atoms with Gasteiger partial charge in [-0.15, -0.1) is 0 Å². The number of rotatable bonds is 2. The number of aromatic nitrogens is 2. The van der Waals surface area contributed by atoms with E-state index in [4.69, 9.17) is 10.8 Å². The topological polar surface area (TPSA) is 89.1 Å². The van der Waals surface area contributed by atoms with Gasteiger partial charge in [0.05, 0.1) is 5.56 Å². The number of aryl methyl sites for hydroxylation is 1. The van der Waals surface area contributed by atoms with Crippen LogP contribution in [-0.2, 0) is 0 Å². The zero-order chi connectivity index (χ0) is 15.0. The van der Waals surface area contributed by atoms with E-state index in [9.17, 15) is 4.79 Å². The molecule has 2 heterocycles. The summed E-state index contributed by atoms with van der Waals surface area (Å²) in [6, 6.07) is 9.26. The number of carboxylic acid groups (broad SMARTS) is 1. The van der Waals surface area contributed by atoms with Crippen molar-refractivity contribution >= 4 is 22.6 Å². The lowest BCUT2D eigenvalue weighted by molar-refractivity contribution is 0.0696. The molecule has 104 valence electrons. The molecule has 3 aromatic rings. The summed E-state index contributed by atoms with van der Waals surface area (Å²) in [6.07, 6.45) is 3.07. The highest BCUT2D eigenvalue weighted by atomic mass is 16.4. The van der Waals surface area contributed by atoms with Crippen LogP contribution < -0.4 is 5.73 Å². The van der Waals surface area contributed by atoms with Gasteiger partial charge in [-0.1, -0.05) is 12.1 Å². The lowest BCUT2D eigenvalue weighted by Crippen LogP contribution is -1.99. The van der Waals surface area contributed by atoms with Crippen molar-refractivity contribution in [2.45, 2.75) is 6.92 Å². The number of carboxylic acids is 1. The molecule has 3 rings (SSSR count). The van der Waals surface area contributed by atoms with E-state index in [1.807, 2.05) is 25.1 Å². The molecular weight excluding hydrogens is 266 g/mol. The Morgan fingerprint density at radius 1 is 1.10 bits per heavy atom. The molecule has 5 heteroatoms. The molecule has 21 heavy (non-hydrogen) atoms. The van der Waals surface area contributed by atoms with Crippen LogP contribution >= 0.6 is 0 Å². The number of fused-ring (bicyclic) bond motifs is 1. The summed E-state index contributed by atoms with van der Waals surface area (Å²) in [6.45, 7) is 1.85. The standard InChI is InChI=1S/C16H13N3O2/c1-9-14(5-13(8-18-9)16(20)21)11-3-2-10-6-15(17)19-7-12(10)4-11/h2-8H,1H3,(H2,17,19)(H,20,21). The van der Waals surface area contributed by atoms with Crippen LogP contribution in [-0.4, -0.2) is 21.0 Å². The Bertz CT molecular complexity index is 859. The molecule has 2 aromatic heterocycles. The molecule has 0 spiro atoms. The van der Waals surface area contributed by atoms with Gasteiger partial charge in [-0.3, -0.25) is 4.98 Å². The molecule has 1 aromatic carbocycles. The molecule has 0 amide bonds. The van der Waals surface area contributed by atoms with Crippen molar-refractivity contribution in [1.29, 1.82) is 0 Å². The Hall–Kier alpha value is -2.95. The van der Waals surface area contributed by atoms with Crippen LogP contribution in [0.3, 0.4) is 0 Å². The summed E-state index contributed by atoms with van der Waals surface area (Å²) in [5.74, 6) is -0.514. The molecule has 0 saturated carbocycles. The highest BCUT2D eigenvalue weighted by Gasteiger charge is 2.10. The number of nitrogens with two attached hydrogens (primary N) is 1. The summed E-state index contributed by atoms with van der Waals surface area (Å²) in [7, 11) is 0. The van der Waals surface area contributed by atoms with Crippen LogP contribution in [0, 0.1) is 6.92 Å². The molecule has 0 radical (unpaired) electrons. The monoisotopic (exact) mass is 279 g/mol. The number of aromatic carboxylic acids is 1. The fourth-order valence-electron chi connectivity index (χ4n) is 2.27. The fourth-order valence-corrected chi connectivity index (χ4v) is 2.27. The zero-order valence-electron chi connectivity index (χ0n) is 11.4. The summed E-state index contributed by atoms with van der Waals surface area (Å²) >= 11 is 0. The van der Waals surface area contributed by atoms with Crippen molar-refractivity contribution in [3.8, 4) is 11.1 Å². The molecule has 0 aliphatic heterocycles. The first-order chi connectivity index (χ1) is 10.0. The molecule has 0 atom stereocenters. The second-order valence-corrected chi connectivity index (χ2v) is 4.83. The van der Waals surface area contributed by atoms with Crippen LogP contribution in [0.5, 0.6) is 0 Å². The van der Waals surface area contributed by atoms with Gasteiger partial charge in [0, 0.05) is 29.0 Å². The quantitative estimate of drug-likeness (QED) is 0.753. The average Bonchev–Trinajstić information content (AvgIpc) is 2.47. The molecule has 0 aliphatic carbocycles. The van der Waals surface area contributed by atoms with Gasteiger partial charge in [0.2, 0.25) is 0 Å². The van der Waals surface area contributed by atoms with Crippen molar-refractivity contribution in [1.82, 2.24) is 9.97 Å². The second kappa shape index (κ2) is 4.86. The molecule has 0 unspecified atom stereocenters. The van der Waals surface area contributed by atoms with Gasteiger partial charge in [0.15, 0.2) is 0 Å². The van der Waals surface area contributed by atoms with Gasteiger partial charge in [0.25, 0.3) is 0 Å². The number of benzene rings is 1. The Morgan fingerprint density at radius 3 is 2.67 bits per heavy atom. The lowest BCUT2D eigenvalue weighted by Gasteiger charge is -2.08. The number of pyridine rings is 2. The predicted molar refractivity (Wildman–Crippen MR) is 81.1 cm³/mol. The third-order valence-electron chi connectivity index (χ3n) is 3.39. The minimum Gasteiger partial charge on any atom is -0.478 e. The van der Waals surface area contributed by atoms with Crippen LogP contribution in [0.2, 0.25) is 0 Å². The van der Waals surface area contributed by atoms with Crippen molar-refractivity contribution in [2.24, 2.45) is 0 Å². The molecule has 0 aliphatic rings. The zero-order valence-corrected chi connectivity index (χ0v) is 11.4. The number of nitrogens with zero attached hydrogens (tertiary/aromatic N) is 2. The number of hydrogen-bond acceptors (Lipinski definition) is 4. The summed E-state index contributed by atoms with van der Waals surface area (Å²) < 4.78 is 0. The van der Waals surface area contributed by atoms with Gasteiger partial charge < -0.3 is 10.8 Å². The Kier molecular flexibility index (Phi) is 3.02. The van der Waals surface area contributed by atoms with E-state index in [2.05, 4.69) is 9.97 Å². The summed E-state index contributed by atoms with van der Waals surface area (Å²) in [5, 5.41) is 11.0. The molecule has 3 N–H and O–H groups in total. The van der Waals surface area contributed by atoms with Crippen molar-refractivity contribution < 1.29 is 9.90 Å². The van der Waals surface area contributed by atoms with E-state index in [1.165, 1.54) is 6.20 Å². The molecule has 0 bridgehead atoms. The maximum atomic E-state index is 11.1. The smallest absolute Gasteiger partial charge is 0.337 e. The Morgan fingerprint density at radius 2 is 1.90 bits per heavy atom. The van der Waals surface area contributed by atoms with E-state index in [-0.39, 0.29) is 5.56 Å². The highest BCUT2D eigenvalue weighted by Crippen LogP contribution is 2.27. The number of carbonyl (C=O) groups is 1. The molecular formula is C16H13N3O2. The van der Waals surface area contributed by atoms with Crippen LogP contribution in [0.25, 0.3) is 21.9 Å². The summed E-state index contributed by atoms with van der Waals surface area (Å²) in [5.41, 5.74) is 8.32. The van der Waals surface area contributed by atoms with Gasteiger partial charge in [-0.2, -0.15) is 0 Å². The summed E-state index contributed by atoms with van der Waals surface area (Å²) in [4.78, 5) is 19.3. The van der Waals surface area contributed by atoms with Crippen LogP contribution in [0.1, 0.15) is 16.1 Å². The largest absolute Gasteiger partial charge is 0.478 e. The Labute approximate surface area is 121 Å². The predicted octanol–water partition coefficient (Wildman–Crippen LogP) is 2.89. The molecule has 0 fully saturated rings. The highest BCUT2D eigenvalue weighted by molar-refractivity contribution is 5.91. The van der Waals surface area contributed by atoms with Crippen molar-refractivity contribution in [3.05, 3.63) is 54.0 Å². The first kappa shape index (κ1) is 13.1. The lowest BCUT2D eigenvalue weighted by atomic mass is 10.00. The first-order valence-corrected chi connectivity index (χ1v) is 6.40. The van der Waals surface area contributed by atoms with Gasteiger partial charge >= 0.3 is 5.97 Å². The Balaban J connectivity index is 2.18. The SMILES string of the molecule is Cc1ncc(C(=O)O)cc1-c1ccc2cc(N)ncc2c1. The minimum absolute atomic E-state index is 0.172. The maximum absolute atomic E-state index is 11.1. The second-order valence-electron chi connectivity index (χ2n) is 4.83. The van der Waals surface area contributed by atoms with Gasteiger partial charge in [0.1, 0.15) is 5.82 Å². The van der Waals surface area contributed by atoms with Crippen molar-refractivity contribution in [2.75, 3.05) is 5.73 Å². The third-order valence-corrected chi connectivity index (χ3v) is 3.39. The van der Waals surface area contributed by atoms with E-state index in [0.717, 1.165) is 27.6 Å². The van der Waals surface area contributed by atoms with Gasteiger partial charge in [-0.25, -0.2) is 9.78 Å². The molecule has 0 saturated heterocycles. The number of hydrogen-bond donors (Lipinski definition) is 2. The maximum Gasteiger partial charge on any atom is 0.337 e. The first-order valence-electron chi connectivity index (χ1n) is 6.40. The van der Waals surface area contributed by atoms with Gasteiger partial charge in [-0.05, 0) is 36.1 Å². The third kappa shape index (κ3) is 2.41. The average molecular weight is 279 g/mol. The van der Waals surface area contributed by atoms with E-state index < -0.39 is 5.97 Å². The van der Waals surface area contributed by atoms with Crippen LogP contribution in [0.4, 0.5) is 5.82 Å². The van der Waals surface area contributed by atoms with E-state index >= 15 is 0 Å². The van der Waals surface area contributed by atoms with Crippen LogP contribution in [0.15, 0.2) is 42.7 Å².